The number of nitrogens with two attached hydrogens (primary N) is 1. The first-order valence-electron chi connectivity index (χ1n) is 8.48. The van der Waals surface area contributed by atoms with Crippen LogP contribution in [0.5, 0.6) is 0 Å². The maximum absolute atomic E-state index is 12.8. The number of β-lactam (4-membered cyclic amide) rings is 1. The SMILES string of the molecule is COC(=O)C1C(NC(=O)C(=NOC(C)(C)C(=O)OC)c2csc(N)n2)C(=O)N1S(=O)(=O)[O-].[Na+]. The Balaban J connectivity index is 0.00000544. The Bertz CT molecular complexity index is 1090. The van der Waals surface area contributed by atoms with Crippen molar-refractivity contribution in [3.63, 3.8) is 0 Å². The Hall–Kier alpha value is -2.31. The molecule has 0 spiro atoms. The minimum Gasteiger partial charge on any atom is -0.731 e. The van der Waals surface area contributed by atoms with Crippen LogP contribution in [0.1, 0.15) is 19.5 Å². The van der Waals surface area contributed by atoms with Gasteiger partial charge in [0, 0.05) is 5.38 Å². The molecule has 0 aromatic carbocycles. The predicted molar refractivity (Wildman–Crippen MR) is 105 cm³/mol. The molecule has 33 heavy (non-hydrogen) atoms. The van der Waals surface area contributed by atoms with Crippen molar-refractivity contribution in [1.82, 2.24) is 14.6 Å². The molecule has 18 heteroatoms. The summed E-state index contributed by atoms with van der Waals surface area (Å²) in [6.45, 7) is 2.60. The molecular weight excluding hydrogens is 497 g/mol. The third-order valence-electron chi connectivity index (χ3n) is 4.04. The minimum atomic E-state index is -5.35. The van der Waals surface area contributed by atoms with Crippen molar-refractivity contribution in [2.24, 2.45) is 5.16 Å². The third-order valence-corrected chi connectivity index (χ3v) is 5.61. The smallest absolute Gasteiger partial charge is 0.731 e. The average Bonchev–Trinajstić information content (AvgIpc) is 3.13. The summed E-state index contributed by atoms with van der Waals surface area (Å²) in [5, 5.41) is 7.06. The number of nitrogens with zero attached hydrogens (tertiary/aromatic N) is 3. The fraction of sp³-hybridized carbons (Fsp3) is 0.467. The molecule has 0 aliphatic carbocycles. The molecule has 15 nitrogen and oxygen atoms in total. The van der Waals surface area contributed by atoms with Gasteiger partial charge in [-0.15, -0.1) is 11.3 Å². The minimum absolute atomic E-state index is 0. The summed E-state index contributed by atoms with van der Waals surface area (Å²) in [5.41, 5.74) is 3.26. The van der Waals surface area contributed by atoms with Crippen molar-refractivity contribution in [2.75, 3.05) is 20.0 Å². The number of anilines is 1. The standard InChI is InChI=1S/C15H19N5O10S2.Na/c1-15(2,13(24)29-4)30-19-7(6-5-31-14(16)17-6)10(21)18-8-9(12(23)28-3)20(11(8)22)32(25,26)27;/h5,8-9H,1-4H3,(H2,16,17)(H,18,21)(H,25,26,27);/q;+1/p-1. The molecule has 1 aliphatic rings. The summed E-state index contributed by atoms with van der Waals surface area (Å²) in [4.78, 5) is 57.6. The molecule has 0 saturated carbocycles. The van der Waals surface area contributed by atoms with Crippen LogP contribution >= 0.6 is 11.3 Å². The van der Waals surface area contributed by atoms with E-state index in [1.165, 1.54) is 19.2 Å². The Labute approximate surface area is 213 Å². The second kappa shape index (κ2) is 10.7. The van der Waals surface area contributed by atoms with E-state index in [4.69, 9.17) is 10.6 Å². The second-order valence-corrected chi connectivity index (χ2v) is 8.75. The molecule has 1 aromatic rings. The number of hydrogen-bond donors (Lipinski definition) is 2. The first kappa shape index (κ1) is 28.7. The van der Waals surface area contributed by atoms with Crippen molar-refractivity contribution >= 4 is 56.2 Å². The molecule has 2 unspecified atom stereocenters. The monoisotopic (exact) mass is 515 g/mol. The summed E-state index contributed by atoms with van der Waals surface area (Å²) in [6, 6.07) is -3.68. The molecule has 1 saturated heterocycles. The maximum atomic E-state index is 12.8. The number of rotatable bonds is 8. The Kier molecular flexibility index (Phi) is 9.35. The summed E-state index contributed by atoms with van der Waals surface area (Å²) in [7, 11) is -3.35. The number of aromatic nitrogens is 1. The van der Waals surface area contributed by atoms with Gasteiger partial charge in [-0.25, -0.2) is 27.3 Å². The number of methoxy groups -OCH3 is 2. The zero-order valence-electron chi connectivity index (χ0n) is 18.1. The molecule has 176 valence electrons. The summed E-state index contributed by atoms with van der Waals surface area (Å²) in [5.74, 6) is -4.59. The number of ether oxygens (including phenoxy) is 2. The van der Waals surface area contributed by atoms with Gasteiger partial charge in [-0.2, -0.15) is 0 Å². The van der Waals surface area contributed by atoms with E-state index < -0.39 is 57.5 Å². The Morgan fingerprint density at radius 1 is 1.30 bits per heavy atom. The van der Waals surface area contributed by atoms with Crippen LogP contribution in [0.3, 0.4) is 0 Å². The molecule has 2 heterocycles. The molecule has 0 bridgehead atoms. The fourth-order valence-electron chi connectivity index (χ4n) is 2.46. The Morgan fingerprint density at radius 3 is 2.36 bits per heavy atom. The van der Waals surface area contributed by atoms with Crippen LogP contribution in [0.15, 0.2) is 10.5 Å². The molecule has 0 radical (unpaired) electrons. The molecule has 2 rings (SSSR count). The predicted octanol–water partition coefficient (Wildman–Crippen LogP) is -5.27. The van der Waals surface area contributed by atoms with E-state index in [0.717, 1.165) is 25.6 Å². The summed E-state index contributed by atoms with van der Waals surface area (Å²) >= 11 is 0.935. The average molecular weight is 515 g/mol. The number of hydrogen-bond acceptors (Lipinski definition) is 14. The van der Waals surface area contributed by atoms with Gasteiger partial charge in [0.2, 0.25) is 5.60 Å². The van der Waals surface area contributed by atoms with Gasteiger partial charge >= 0.3 is 41.5 Å². The van der Waals surface area contributed by atoms with E-state index in [9.17, 15) is 32.1 Å². The fourth-order valence-corrected chi connectivity index (χ4v) is 3.83. The first-order chi connectivity index (χ1) is 14.7. The van der Waals surface area contributed by atoms with Crippen molar-refractivity contribution in [1.29, 1.82) is 0 Å². The van der Waals surface area contributed by atoms with Crippen LogP contribution in [-0.2, 0) is 43.8 Å². The van der Waals surface area contributed by atoms with Crippen LogP contribution in [-0.4, -0.2) is 83.6 Å². The normalized spacial score (nSPS) is 18.5. The van der Waals surface area contributed by atoms with Crippen molar-refractivity contribution < 1.29 is 76.0 Å². The van der Waals surface area contributed by atoms with Gasteiger partial charge in [0.15, 0.2) is 27.2 Å². The number of amides is 2. The zero-order chi connectivity index (χ0) is 24.4. The van der Waals surface area contributed by atoms with Crippen LogP contribution in [0.25, 0.3) is 0 Å². The molecule has 1 fully saturated rings. The number of thiazole rings is 1. The number of carbonyl (C=O) groups excluding carboxylic acids is 4. The maximum Gasteiger partial charge on any atom is 1.00 e. The number of nitrogens with one attached hydrogen (secondary N) is 1. The third kappa shape index (κ3) is 6.18. The van der Waals surface area contributed by atoms with Gasteiger partial charge in [-0.1, -0.05) is 5.16 Å². The van der Waals surface area contributed by atoms with E-state index in [1.54, 1.807) is 0 Å². The number of nitrogen functional groups attached to an aromatic ring is 1. The summed E-state index contributed by atoms with van der Waals surface area (Å²) < 4.78 is 42.5. The van der Waals surface area contributed by atoms with Gasteiger partial charge in [-0.3, -0.25) is 9.59 Å². The van der Waals surface area contributed by atoms with E-state index in [2.05, 4.69) is 24.9 Å². The molecule has 1 aliphatic heterocycles. The molecule has 2 amide bonds. The first-order valence-corrected chi connectivity index (χ1v) is 10.7. The van der Waals surface area contributed by atoms with Crippen LogP contribution in [0, 0.1) is 0 Å². The molecular formula is C15H18N5NaO10S2. The number of oxime groups is 1. The Morgan fingerprint density at radius 2 is 1.91 bits per heavy atom. The van der Waals surface area contributed by atoms with Crippen molar-refractivity contribution in [3.05, 3.63) is 11.1 Å². The molecule has 2 atom stereocenters. The summed E-state index contributed by atoms with van der Waals surface area (Å²) in [6.07, 6.45) is 0. The van der Waals surface area contributed by atoms with Crippen LogP contribution in [0.2, 0.25) is 0 Å². The number of carbonyl (C=O) groups is 4. The van der Waals surface area contributed by atoms with Gasteiger partial charge < -0.3 is 29.9 Å². The van der Waals surface area contributed by atoms with Crippen molar-refractivity contribution in [3.8, 4) is 0 Å². The second-order valence-electron chi connectivity index (χ2n) is 6.61. The van der Waals surface area contributed by atoms with Gasteiger partial charge in [0.25, 0.3) is 11.8 Å². The van der Waals surface area contributed by atoms with E-state index in [0.29, 0.717) is 0 Å². The van der Waals surface area contributed by atoms with Crippen LogP contribution in [0.4, 0.5) is 5.13 Å². The van der Waals surface area contributed by atoms with Gasteiger partial charge in [0.05, 0.1) is 14.2 Å². The van der Waals surface area contributed by atoms with E-state index in [1.807, 2.05) is 0 Å². The molecule has 3 N–H and O–H groups in total. The van der Waals surface area contributed by atoms with E-state index >= 15 is 0 Å². The van der Waals surface area contributed by atoms with Crippen molar-refractivity contribution in [2.45, 2.75) is 31.5 Å². The van der Waals surface area contributed by atoms with Gasteiger partial charge in [-0.05, 0) is 13.8 Å². The largest absolute Gasteiger partial charge is 1.00 e. The topological polar surface area (TPSA) is 220 Å². The van der Waals surface area contributed by atoms with Crippen LogP contribution < -0.4 is 40.6 Å². The molecule has 1 aromatic heterocycles. The quantitative estimate of drug-likeness (QED) is 0.0828. The zero-order valence-corrected chi connectivity index (χ0v) is 21.7. The number of esters is 2. The van der Waals surface area contributed by atoms with E-state index in [-0.39, 0.29) is 44.7 Å². The van der Waals surface area contributed by atoms with Gasteiger partial charge in [0.1, 0.15) is 11.7 Å².